The minimum atomic E-state index is -0.698. The molecule has 10 nitrogen and oxygen atoms in total. The summed E-state index contributed by atoms with van der Waals surface area (Å²) in [4.78, 5) is 27.2. The van der Waals surface area contributed by atoms with Gasteiger partial charge in [-0.2, -0.15) is 5.11 Å². The standard InChI is InChI=1S/C27H27FN6O4/c1-15-12-33(13-23-30-31-24(34(15)23)22-14-37-27(2,3)38-22)26(36)19-10-16(8-9-20(19)28)11-21-17-6-4-5-7-18(17)25(35)32-29-21/h4-10,15,21-22H,11-14H2,1-3H3. The lowest BCUT2D eigenvalue weighted by atomic mass is 9.93. The van der Waals surface area contributed by atoms with Crippen LogP contribution in [-0.2, 0) is 22.4 Å². The molecule has 0 radical (unpaired) electrons. The van der Waals surface area contributed by atoms with Gasteiger partial charge in [-0.25, -0.2) is 4.39 Å². The van der Waals surface area contributed by atoms with E-state index in [9.17, 15) is 14.0 Å². The van der Waals surface area contributed by atoms with E-state index in [0.717, 1.165) is 11.1 Å². The Hall–Kier alpha value is -3.83. The van der Waals surface area contributed by atoms with Crippen molar-refractivity contribution in [3.05, 3.63) is 82.2 Å². The Balaban J connectivity index is 1.22. The average Bonchev–Trinajstić information content (AvgIpc) is 3.49. The molecule has 0 aliphatic carbocycles. The minimum Gasteiger partial charge on any atom is -0.347 e. The zero-order valence-corrected chi connectivity index (χ0v) is 21.3. The monoisotopic (exact) mass is 518 g/mol. The highest BCUT2D eigenvalue weighted by molar-refractivity contribution is 5.97. The molecule has 6 rings (SSSR count). The third-order valence-electron chi connectivity index (χ3n) is 7.16. The number of azo groups is 1. The van der Waals surface area contributed by atoms with E-state index in [1.807, 2.05) is 37.5 Å². The first-order valence-corrected chi connectivity index (χ1v) is 12.6. The van der Waals surface area contributed by atoms with Gasteiger partial charge >= 0.3 is 0 Å². The first-order chi connectivity index (χ1) is 18.2. The van der Waals surface area contributed by atoms with Crippen LogP contribution in [0.25, 0.3) is 0 Å². The normalized spacial score (nSPS) is 23.8. The van der Waals surface area contributed by atoms with Crippen molar-refractivity contribution < 1.29 is 23.5 Å². The van der Waals surface area contributed by atoms with E-state index < -0.39 is 23.6 Å². The Morgan fingerprint density at radius 3 is 2.79 bits per heavy atom. The molecule has 3 aliphatic heterocycles. The number of aromatic nitrogens is 3. The number of nitrogens with zero attached hydrogens (tertiary/aromatic N) is 6. The number of amides is 2. The molecule has 3 atom stereocenters. The molecule has 3 aromatic rings. The number of fused-ring (bicyclic) bond motifs is 2. The fourth-order valence-corrected chi connectivity index (χ4v) is 5.38. The second-order valence-electron chi connectivity index (χ2n) is 10.3. The van der Waals surface area contributed by atoms with E-state index in [4.69, 9.17) is 9.47 Å². The van der Waals surface area contributed by atoms with Crippen LogP contribution in [-0.4, -0.2) is 50.4 Å². The van der Waals surface area contributed by atoms with Crippen molar-refractivity contribution in [3.63, 3.8) is 0 Å². The molecule has 4 heterocycles. The Kier molecular flexibility index (Phi) is 5.92. The second-order valence-corrected chi connectivity index (χ2v) is 10.3. The molecule has 196 valence electrons. The van der Waals surface area contributed by atoms with Crippen molar-refractivity contribution in [2.75, 3.05) is 13.2 Å². The molecule has 0 spiro atoms. The number of ether oxygens (including phenoxy) is 2. The van der Waals surface area contributed by atoms with Gasteiger partial charge in [-0.3, -0.25) is 9.59 Å². The van der Waals surface area contributed by atoms with Gasteiger partial charge in [-0.05, 0) is 50.1 Å². The van der Waals surface area contributed by atoms with E-state index in [1.165, 1.54) is 6.07 Å². The molecule has 2 amide bonds. The highest BCUT2D eigenvalue weighted by atomic mass is 19.1. The van der Waals surface area contributed by atoms with Gasteiger partial charge in [0.1, 0.15) is 18.0 Å². The summed E-state index contributed by atoms with van der Waals surface area (Å²) in [6.45, 7) is 6.60. The topological polar surface area (TPSA) is 111 Å². The predicted molar refractivity (Wildman–Crippen MR) is 132 cm³/mol. The first-order valence-electron chi connectivity index (χ1n) is 12.6. The molecule has 1 aromatic heterocycles. The molecule has 3 unspecified atom stereocenters. The number of hydrogen-bond donors (Lipinski definition) is 0. The van der Waals surface area contributed by atoms with Crippen molar-refractivity contribution in [1.82, 2.24) is 19.7 Å². The molecule has 1 fully saturated rings. The molecule has 3 aliphatic rings. The molecule has 2 aromatic carbocycles. The van der Waals surface area contributed by atoms with Gasteiger partial charge in [0.25, 0.3) is 11.8 Å². The summed E-state index contributed by atoms with van der Waals surface area (Å²) in [7, 11) is 0. The first kappa shape index (κ1) is 24.5. The third kappa shape index (κ3) is 4.31. The lowest BCUT2D eigenvalue weighted by Crippen LogP contribution is -2.41. The van der Waals surface area contributed by atoms with Gasteiger partial charge in [-0.15, -0.1) is 15.3 Å². The average molecular weight is 519 g/mol. The van der Waals surface area contributed by atoms with Crippen LogP contribution in [0.4, 0.5) is 4.39 Å². The summed E-state index contributed by atoms with van der Waals surface area (Å²) in [5.41, 5.74) is 1.98. The molecule has 1 saturated heterocycles. The summed E-state index contributed by atoms with van der Waals surface area (Å²) in [6, 6.07) is 11.1. The van der Waals surface area contributed by atoms with Gasteiger partial charge in [0.2, 0.25) is 0 Å². The molecule has 38 heavy (non-hydrogen) atoms. The number of carbonyl (C=O) groups excluding carboxylic acids is 2. The van der Waals surface area contributed by atoms with Crippen LogP contribution in [0.1, 0.15) is 82.5 Å². The maximum atomic E-state index is 14.9. The van der Waals surface area contributed by atoms with Crippen molar-refractivity contribution >= 4 is 11.8 Å². The van der Waals surface area contributed by atoms with E-state index in [0.29, 0.717) is 36.8 Å². The molecule has 0 N–H and O–H groups in total. The minimum absolute atomic E-state index is 0.0192. The smallest absolute Gasteiger partial charge is 0.295 e. The summed E-state index contributed by atoms with van der Waals surface area (Å²) in [6.07, 6.45) is 0.0323. The van der Waals surface area contributed by atoms with Gasteiger partial charge < -0.3 is 18.9 Å². The molecule has 11 heteroatoms. The fraction of sp³-hybridized carbons (Fsp3) is 0.407. The maximum absolute atomic E-state index is 14.9. The molecule has 0 saturated carbocycles. The van der Waals surface area contributed by atoms with E-state index in [1.54, 1.807) is 29.2 Å². The zero-order valence-electron chi connectivity index (χ0n) is 21.3. The Morgan fingerprint density at radius 1 is 1.18 bits per heavy atom. The van der Waals surface area contributed by atoms with Crippen LogP contribution in [0, 0.1) is 5.82 Å². The molecular weight excluding hydrogens is 491 g/mol. The number of carbonyl (C=O) groups is 2. The van der Waals surface area contributed by atoms with Crippen LogP contribution in [0.15, 0.2) is 52.7 Å². The second kappa shape index (κ2) is 9.17. The van der Waals surface area contributed by atoms with Gasteiger partial charge in [0, 0.05) is 18.5 Å². The summed E-state index contributed by atoms with van der Waals surface area (Å²) in [5.74, 6) is -0.818. The highest BCUT2D eigenvalue weighted by Crippen LogP contribution is 2.35. The van der Waals surface area contributed by atoms with Crippen molar-refractivity contribution in [1.29, 1.82) is 0 Å². The summed E-state index contributed by atoms with van der Waals surface area (Å²) < 4.78 is 28.6. The predicted octanol–water partition coefficient (Wildman–Crippen LogP) is 4.35. The number of halogens is 1. The maximum Gasteiger partial charge on any atom is 0.295 e. The van der Waals surface area contributed by atoms with E-state index >= 15 is 0 Å². The summed E-state index contributed by atoms with van der Waals surface area (Å²) >= 11 is 0. The lowest BCUT2D eigenvalue weighted by molar-refractivity contribution is -0.140. The van der Waals surface area contributed by atoms with Crippen molar-refractivity contribution in [3.8, 4) is 0 Å². The van der Waals surface area contributed by atoms with Crippen LogP contribution >= 0.6 is 0 Å². The van der Waals surface area contributed by atoms with Gasteiger partial charge in [0.15, 0.2) is 17.4 Å². The summed E-state index contributed by atoms with van der Waals surface area (Å²) in [5, 5.41) is 16.6. The van der Waals surface area contributed by atoms with Crippen LogP contribution < -0.4 is 0 Å². The zero-order chi connectivity index (χ0) is 26.6. The van der Waals surface area contributed by atoms with E-state index in [-0.39, 0.29) is 30.2 Å². The largest absolute Gasteiger partial charge is 0.347 e. The number of benzene rings is 2. The number of rotatable bonds is 4. The van der Waals surface area contributed by atoms with Crippen LogP contribution in [0.2, 0.25) is 0 Å². The Morgan fingerprint density at radius 2 is 2.00 bits per heavy atom. The Labute approximate surface area is 218 Å². The van der Waals surface area contributed by atoms with Crippen LogP contribution in [0.5, 0.6) is 0 Å². The van der Waals surface area contributed by atoms with Gasteiger partial charge in [-0.1, -0.05) is 24.3 Å². The Bertz CT molecular complexity index is 1470. The quantitative estimate of drug-likeness (QED) is 0.508. The van der Waals surface area contributed by atoms with E-state index in [2.05, 4.69) is 20.4 Å². The fourth-order valence-electron chi connectivity index (χ4n) is 5.38. The molecular formula is C27H27FN6O4. The highest BCUT2D eigenvalue weighted by Gasteiger charge is 2.39. The third-order valence-corrected chi connectivity index (χ3v) is 7.16. The van der Waals surface area contributed by atoms with Crippen molar-refractivity contribution in [2.24, 2.45) is 10.2 Å². The lowest BCUT2D eigenvalue weighted by Gasteiger charge is -2.33. The van der Waals surface area contributed by atoms with Crippen molar-refractivity contribution in [2.45, 2.75) is 57.7 Å². The van der Waals surface area contributed by atoms with Gasteiger partial charge in [0.05, 0.1) is 24.8 Å². The SMILES string of the molecule is CC1CN(C(=O)c2cc(CC3N=NC(=O)c4ccccc43)ccc2F)Cc2nnc(C3COC(C)(C)O3)n21. The molecule has 0 bridgehead atoms. The van der Waals surface area contributed by atoms with Crippen LogP contribution in [0.3, 0.4) is 0 Å². The number of hydrogen-bond acceptors (Lipinski definition) is 7.